The number of hydrogen-bond donors (Lipinski definition) is 0. The molecule has 0 bridgehead atoms. The second-order valence-corrected chi connectivity index (χ2v) is 4.89. The fourth-order valence-corrected chi connectivity index (χ4v) is 2.23. The molecule has 0 atom stereocenters. The SMILES string of the molecule is CCOc1ccc(/C=C2\N=C(c3ccco3)OC2=O)cc1OCC. The standard InChI is InChI=1S/C18H17NO5/c1-3-21-14-8-7-12(11-16(14)22-4-2)10-13-18(20)24-17(19-13)15-6-5-9-23-15/h5-11H,3-4H2,1-2H3/b13-10-. The molecule has 0 spiro atoms. The highest BCUT2D eigenvalue weighted by Gasteiger charge is 2.25. The van der Waals surface area contributed by atoms with Crippen LogP contribution in [0.1, 0.15) is 25.2 Å². The van der Waals surface area contributed by atoms with Crippen LogP contribution in [0.25, 0.3) is 6.08 Å². The lowest BCUT2D eigenvalue weighted by Crippen LogP contribution is -2.04. The van der Waals surface area contributed by atoms with Crippen molar-refractivity contribution < 1.29 is 23.4 Å². The molecule has 1 aliphatic rings. The summed E-state index contributed by atoms with van der Waals surface area (Å²) in [6.07, 6.45) is 3.13. The van der Waals surface area contributed by atoms with Gasteiger partial charge in [-0.05, 0) is 49.8 Å². The van der Waals surface area contributed by atoms with Crippen molar-refractivity contribution in [2.24, 2.45) is 4.99 Å². The zero-order chi connectivity index (χ0) is 16.9. The third-order valence-corrected chi connectivity index (χ3v) is 3.22. The van der Waals surface area contributed by atoms with Crippen molar-refractivity contribution in [3.8, 4) is 11.5 Å². The minimum Gasteiger partial charge on any atom is -0.490 e. The van der Waals surface area contributed by atoms with Crippen molar-refractivity contribution in [3.05, 3.63) is 53.6 Å². The van der Waals surface area contributed by atoms with E-state index in [-0.39, 0.29) is 11.6 Å². The van der Waals surface area contributed by atoms with Crippen LogP contribution >= 0.6 is 0 Å². The van der Waals surface area contributed by atoms with E-state index in [0.717, 1.165) is 5.56 Å². The number of hydrogen-bond acceptors (Lipinski definition) is 6. The molecular weight excluding hydrogens is 310 g/mol. The van der Waals surface area contributed by atoms with Gasteiger partial charge in [0.15, 0.2) is 23.0 Å². The van der Waals surface area contributed by atoms with E-state index in [0.29, 0.717) is 30.5 Å². The maximum Gasteiger partial charge on any atom is 0.363 e. The van der Waals surface area contributed by atoms with E-state index in [9.17, 15) is 4.79 Å². The number of benzene rings is 1. The molecule has 1 aromatic carbocycles. The Morgan fingerprint density at radius 3 is 2.62 bits per heavy atom. The highest BCUT2D eigenvalue weighted by atomic mass is 16.6. The number of esters is 1. The lowest BCUT2D eigenvalue weighted by atomic mass is 10.1. The number of cyclic esters (lactones) is 1. The van der Waals surface area contributed by atoms with Crippen molar-refractivity contribution in [1.29, 1.82) is 0 Å². The number of nitrogens with zero attached hydrogens (tertiary/aromatic N) is 1. The number of carbonyl (C=O) groups is 1. The van der Waals surface area contributed by atoms with Gasteiger partial charge in [-0.2, -0.15) is 0 Å². The van der Waals surface area contributed by atoms with Crippen LogP contribution in [0.3, 0.4) is 0 Å². The first-order valence-corrected chi connectivity index (χ1v) is 7.67. The summed E-state index contributed by atoms with van der Waals surface area (Å²) in [7, 11) is 0. The first-order chi connectivity index (χ1) is 11.7. The highest BCUT2D eigenvalue weighted by Crippen LogP contribution is 2.30. The predicted molar refractivity (Wildman–Crippen MR) is 88.1 cm³/mol. The lowest BCUT2D eigenvalue weighted by molar-refractivity contribution is -0.130. The number of carbonyl (C=O) groups excluding carboxylic acids is 1. The summed E-state index contributed by atoms with van der Waals surface area (Å²) in [6.45, 7) is 4.87. The minimum absolute atomic E-state index is 0.159. The maximum absolute atomic E-state index is 12.0. The molecule has 6 heteroatoms. The van der Waals surface area contributed by atoms with Gasteiger partial charge in [0.1, 0.15) is 0 Å². The van der Waals surface area contributed by atoms with Crippen molar-refractivity contribution in [2.75, 3.05) is 13.2 Å². The van der Waals surface area contributed by atoms with Gasteiger partial charge in [0, 0.05) is 0 Å². The average Bonchev–Trinajstić information content (AvgIpc) is 3.21. The molecule has 0 N–H and O–H groups in total. The van der Waals surface area contributed by atoms with Gasteiger partial charge in [-0.1, -0.05) is 6.07 Å². The van der Waals surface area contributed by atoms with Gasteiger partial charge in [-0.15, -0.1) is 0 Å². The monoisotopic (exact) mass is 327 g/mol. The van der Waals surface area contributed by atoms with Crippen LogP contribution in [0, 0.1) is 0 Å². The molecule has 1 aromatic heterocycles. The van der Waals surface area contributed by atoms with Crippen LogP contribution in [0.5, 0.6) is 11.5 Å². The minimum atomic E-state index is -0.520. The Hall–Kier alpha value is -3.02. The fourth-order valence-electron chi connectivity index (χ4n) is 2.23. The van der Waals surface area contributed by atoms with Crippen LogP contribution in [0.15, 0.2) is 51.7 Å². The third kappa shape index (κ3) is 3.32. The van der Waals surface area contributed by atoms with Crippen LogP contribution < -0.4 is 9.47 Å². The summed E-state index contributed by atoms with van der Waals surface area (Å²) in [5.74, 6) is 1.33. The summed E-state index contributed by atoms with van der Waals surface area (Å²) in [5, 5.41) is 0. The van der Waals surface area contributed by atoms with Crippen molar-refractivity contribution in [3.63, 3.8) is 0 Å². The Morgan fingerprint density at radius 2 is 1.92 bits per heavy atom. The molecule has 2 heterocycles. The van der Waals surface area contributed by atoms with Gasteiger partial charge >= 0.3 is 5.97 Å². The van der Waals surface area contributed by atoms with E-state index in [1.165, 1.54) is 6.26 Å². The Morgan fingerprint density at radius 1 is 1.12 bits per heavy atom. The number of aliphatic imine (C=N–C) groups is 1. The second-order valence-electron chi connectivity index (χ2n) is 4.89. The molecule has 1 aliphatic heterocycles. The van der Waals surface area contributed by atoms with Gasteiger partial charge in [-0.3, -0.25) is 0 Å². The lowest BCUT2D eigenvalue weighted by Gasteiger charge is -2.11. The summed E-state index contributed by atoms with van der Waals surface area (Å²) in [6, 6.07) is 8.81. The molecule has 24 heavy (non-hydrogen) atoms. The Balaban J connectivity index is 1.90. The van der Waals surface area contributed by atoms with Crippen molar-refractivity contribution in [2.45, 2.75) is 13.8 Å². The molecule has 0 unspecified atom stereocenters. The van der Waals surface area contributed by atoms with Crippen LogP contribution in [-0.2, 0) is 9.53 Å². The molecule has 124 valence electrons. The van der Waals surface area contributed by atoms with Gasteiger partial charge in [0.2, 0.25) is 0 Å². The van der Waals surface area contributed by atoms with Gasteiger partial charge in [0.05, 0.1) is 19.5 Å². The quantitative estimate of drug-likeness (QED) is 0.600. The summed E-state index contributed by atoms with van der Waals surface area (Å²) < 4.78 is 21.4. The number of furan rings is 1. The molecule has 0 aliphatic carbocycles. The van der Waals surface area contributed by atoms with Gasteiger partial charge < -0.3 is 18.6 Å². The van der Waals surface area contributed by atoms with Crippen LogP contribution in [-0.4, -0.2) is 25.1 Å². The molecule has 0 saturated heterocycles. The van der Waals surface area contributed by atoms with E-state index < -0.39 is 5.97 Å². The summed E-state index contributed by atoms with van der Waals surface area (Å²) in [4.78, 5) is 16.1. The molecule has 0 fully saturated rings. The van der Waals surface area contributed by atoms with E-state index in [4.69, 9.17) is 18.6 Å². The van der Waals surface area contributed by atoms with E-state index in [1.807, 2.05) is 19.9 Å². The zero-order valence-electron chi connectivity index (χ0n) is 13.4. The molecular formula is C18H17NO5. The number of ether oxygens (including phenoxy) is 3. The molecule has 0 radical (unpaired) electrons. The Labute approximate surface area is 139 Å². The second kappa shape index (κ2) is 7.04. The van der Waals surface area contributed by atoms with Gasteiger partial charge in [-0.25, -0.2) is 9.79 Å². The highest BCUT2D eigenvalue weighted by molar-refractivity contribution is 6.11. The van der Waals surface area contributed by atoms with Crippen LogP contribution in [0.2, 0.25) is 0 Å². The first-order valence-electron chi connectivity index (χ1n) is 7.67. The summed E-state index contributed by atoms with van der Waals surface area (Å²) in [5.41, 5.74) is 0.964. The van der Waals surface area contributed by atoms with Crippen molar-refractivity contribution in [1.82, 2.24) is 0 Å². The number of rotatable bonds is 6. The van der Waals surface area contributed by atoms with E-state index >= 15 is 0 Å². The topological polar surface area (TPSA) is 70.3 Å². The first kappa shape index (κ1) is 15.9. The predicted octanol–water partition coefficient (Wildman–Crippen LogP) is 3.42. The van der Waals surface area contributed by atoms with Crippen LogP contribution in [0.4, 0.5) is 0 Å². The maximum atomic E-state index is 12.0. The Kier molecular flexibility index (Phi) is 4.65. The molecule has 0 saturated carbocycles. The molecule has 3 rings (SSSR count). The van der Waals surface area contributed by atoms with E-state index in [1.54, 1.807) is 30.3 Å². The fraction of sp³-hybridized carbons (Fsp3) is 0.222. The van der Waals surface area contributed by atoms with E-state index in [2.05, 4.69) is 4.99 Å². The average molecular weight is 327 g/mol. The van der Waals surface area contributed by atoms with Gasteiger partial charge in [0.25, 0.3) is 5.90 Å². The summed E-state index contributed by atoms with van der Waals surface area (Å²) >= 11 is 0. The molecule has 6 nitrogen and oxygen atoms in total. The Bertz CT molecular complexity index is 790. The third-order valence-electron chi connectivity index (χ3n) is 3.22. The largest absolute Gasteiger partial charge is 0.490 e. The smallest absolute Gasteiger partial charge is 0.363 e. The zero-order valence-corrected chi connectivity index (χ0v) is 13.4. The normalized spacial score (nSPS) is 15.3. The van der Waals surface area contributed by atoms with Crippen molar-refractivity contribution >= 4 is 17.9 Å². The molecule has 2 aromatic rings. The molecule has 0 amide bonds.